The molecule has 2 amide bonds. The molecular formula is C26H50N2O5. The summed E-state index contributed by atoms with van der Waals surface area (Å²) in [5.74, 6) is 0.777. The standard InChI is InChI=1S/C24H44N2O5.C2H6/c1-6-7-23(28)26(19(4)5)13-15-31-17-16-30-14-12-22(27)25-21-10-8-20(9-11-21)24(29)18(2)3;1-2/h18-21H,6-17H2,1-5H3,(H,25,27);1-2H3. The largest absolute Gasteiger partial charge is 0.379 e. The third kappa shape index (κ3) is 13.7. The van der Waals surface area contributed by atoms with Crippen molar-refractivity contribution >= 4 is 17.6 Å². The molecule has 0 saturated heterocycles. The molecule has 0 radical (unpaired) electrons. The van der Waals surface area contributed by atoms with Gasteiger partial charge in [-0.25, -0.2) is 0 Å². The predicted molar refractivity (Wildman–Crippen MR) is 133 cm³/mol. The first-order valence-electron chi connectivity index (χ1n) is 13.0. The van der Waals surface area contributed by atoms with Crippen LogP contribution in [0.3, 0.4) is 0 Å². The fraction of sp³-hybridized carbons (Fsp3) is 0.885. The summed E-state index contributed by atoms with van der Waals surface area (Å²) in [7, 11) is 0. The molecule has 194 valence electrons. The van der Waals surface area contributed by atoms with Gasteiger partial charge in [-0.05, 0) is 46.0 Å². The number of hydrogen-bond donors (Lipinski definition) is 1. The van der Waals surface area contributed by atoms with Crippen molar-refractivity contribution < 1.29 is 23.9 Å². The molecule has 0 atom stereocenters. The maximum atomic E-state index is 12.1. The van der Waals surface area contributed by atoms with E-state index in [0.717, 1.165) is 32.1 Å². The Morgan fingerprint density at radius 2 is 1.45 bits per heavy atom. The van der Waals surface area contributed by atoms with Crippen molar-refractivity contribution in [1.29, 1.82) is 0 Å². The average Bonchev–Trinajstić information content (AvgIpc) is 2.79. The van der Waals surface area contributed by atoms with E-state index in [-0.39, 0.29) is 35.7 Å². The molecule has 1 saturated carbocycles. The first-order chi connectivity index (χ1) is 15.8. The molecule has 0 spiro atoms. The fourth-order valence-electron chi connectivity index (χ4n) is 3.97. The monoisotopic (exact) mass is 470 g/mol. The lowest BCUT2D eigenvalue weighted by molar-refractivity contribution is -0.133. The number of hydrogen-bond acceptors (Lipinski definition) is 5. The van der Waals surface area contributed by atoms with Crippen LogP contribution in [0.5, 0.6) is 0 Å². The highest BCUT2D eigenvalue weighted by atomic mass is 16.5. The number of ether oxygens (including phenoxy) is 2. The van der Waals surface area contributed by atoms with Crippen molar-refractivity contribution in [3.8, 4) is 0 Å². The second kappa shape index (κ2) is 18.9. The van der Waals surface area contributed by atoms with Crippen LogP contribution < -0.4 is 5.32 Å². The van der Waals surface area contributed by atoms with Gasteiger partial charge < -0.3 is 19.7 Å². The third-order valence-corrected chi connectivity index (χ3v) is 5.79. The minimum absolute atomic E-state index is 0.00145. The second-order valence-corrected chi connectivity index (χ2v) is 9.08. The summed E-state index contributed by atoms with van der Waals surface area (Å²) in [5.41, 5.74) is 0. The van der Waals surface area contributed by atoms with E-state index in [1.165, 1.54) is 0 Å². The summed E-state index contributed by atoms with van der Waals surface area (Å²) in [5, 5.41) is 3.06. The molecule has 0 bridgehead atoms. The molecule has 1 N–H and O–H groups in total. The summed E-state index contributed by atoms with van der Waals surface area (Å²) in [6.45, 7) is 16.3. The first kappa shape index (κ1) is 31.5. The molecule has 0 aliphatic heterocycles. The van der Waals surface area contributed by atoms with Crippen LogP contribution in [0.15, 0.2) is 0 Å². The Labute approximate surface area is 202 Å². The van der Waals surface area contributed by atoms with E-state index in [0.29, 0.717) is 51.6 Å². The summed E-state index contributed by atoms with van der Waals surface area (Å²) in [6.07, 6.45) is 5.24. The zero-order valence-electron chi connectivity index (χ0n) is 22.3. The lowest BCUT2D eigenvalue weighted by atomic mass is 9.80. The van der Waals surface area contributed by atoms with E-state index in [1.807, 2.05) is 53.4 Å². The maximum absolute atomic E-state index is 12.1. The van der Waals surface area contributed by atoms with Crippen LogP contribution in [0.25, 0.3) is 0 Å². The molecule has 7 heteroatoms. The molecule has 1 rings (SSSR count). The Morgan fingerprint density at radius 1 is 0.879 bits per heavy atom. The lowest BCUT2D eigenvalue weighted by Gasteiger charge is -2.29. The molecule has 0 unspecified atom stereocenters. The Bertz CT molecular complexity index is 543. The highest BCUT2D eigenvalue weighted by molar-refractivity contribution is 5.83. The molecular weight excluding hydrogens is 420 g/mol. The van der Waals surface area contributed by atoms with Crippen LogP contribution in [0.4, 0.5) is 0 Å². The number of ketones is 1. The number of rotatable bonds is 15. The topological polar surface area (TPSA) is 84.9 Å². The zero-order chi connectivity index (χ0) is 25.2. The van der Waals surface area contributed by atoms with Gasteiger partial charge in [-0.15, -0.1) is 0 Å². The number of amides is 2. The third-order valence-electron chi connectivity index (χ3n) is 5.79. The van der Waals surface area contributed by atoms with Gasteiger partial charge in [-0.1, -0.05) is 34.6 Å². The summed E-state index contributed by atoms with van der Waals surface area (Å²) < 4.78 is 11.1. The van der Waals surface area contributed by atoms with Crippen molar-refractivity contribution in [3.63, 3.8) is 0 Å². The minimum atomic E-state index is 0.00145. The van der Waals surface area contributed by atoms with Crippen molar-refractivity contribution in [3.05, 3.63) is 0 Å². The van der Waals surface area contributed by atoms with Gasteiger partial charge in [0.25, 0.3) is 0 Å². The highest BCUT2D eigenvalue weighted by Crippen LogP contribution is 2.27. The average molecular weight is 471 g/mol. The molecule has 1 aliphatic carbocycles. The van der Waals surface area contributed by atoms with Crippen LogP contribution in [0.2, 0.25) is 0 Å². The maximum Gasteiger partial charge on any atom is 0.222 e. The molecule has 1 fully saturated rings. The van der Waals surface area contributed by atoms with E-state index in [2.05, 4.69) is 5.32 Å². The fourth-order valence-corrected chi connectivity index (χ4v) is 3.97. The molecule has 1 aliphatic rings. The van der Waals surface area contributed by atoms with E-state index < -0.39 is 0 Å². The van der Waals surface area contributed by atoms with E-state index >= 15 is 0 Å². The molecule has 7 nitrogen and oxygen atoms in total. The normalized spacial score (nSPS) is 18.0. The summed E-state index contributed by atoms with van der Waals surface area (Å²) in [4.78, 5) is 38.1. The Hall–Kier alpha value is -1.47. The van der Waals surface area contributed by atoms with Gasteiger partial charge in [0.15, 0.2) is 0 Å². The molecule has 0 aromatic carbocycles. The summed E-state index contributed by atoms with van der Waals surface area (Å²) >= 11 is 0. The van der Waals surface area contributed by atoms with E-state index in [9.17, 15) is 14.4 Å². The van der Waals surface area contributed by atoms with Crippen molar-refractivity contribution in [2.75, 3.05) is 33.0 Å². The minimum Gasteiger partial charge on any atom is -0.379 e. The second-order valence-electron chi connectivity index (χ2n) is 9.08. The highest BCUT2D eigenvalue weighted by Gasteiger charge is 2.28. The van der Waals surface area contributed by atoms with Gasteiger partial charge in [0.1, 0.15) is 5.78 Å². The van der Waals surface area contributed by atoms with Gasteiger partial charge in [-0.2, -0.15) is 0 Å². The number of carbonyl (C=O) groups excluding carboxylic acids is 3. The Morgan fingerprint density at radius 3 is 1.97 bits per heavy atom. The number of carbonyl (C=O) groups is 3. The zero-order valence-corrected chi connectivity index (χ0v) is 22.3. The Kier molecular flexibility index (Phi) is 18.1. The summed E-state index contributed by atoms with van der Waals surface area (Å²) in [6, 6.07) is 0.342. The SMILES string of the molecule is CC.CCCC(=O)N(CCOCCOCCC(=O)NC1CCC(C(=O)C(C)C)CC1)C(C)C. The Balaban J connectivity index is 0.00000497. The van der Waals surface area contributed by atoms with E-state index in [1.54, 1.807) is 0 Å². The predicted octanol–water partition coefficient (Wildman–Crippen LogP) is 4.37. The van der Waals surface area contributed by atoms with Gasteiger partial charge in [-0.3, -0.25) is 14.4 Å². The van der Waals surface area contributed by atoms with Crippen LogP contribution in [-0.2, 0) is 23.9 Å². The molecule has 0 aromatic heterocycles. The van der Waals surface area contributed by atoms with Crippen LogP contribution >= 0.6 is 0 Å². The number of Topliss-reactive ketones (excluding diaryl/α,β-unsaturated/α-hetero) is 1. The van der Waals surface area contributed by atoms with Gasteiger partial charge in [0.05, 0.1) is 26.4 Å². The van der Waals surface area contributed by atoms with Gasteiger partial charge in [0, 0.05) is 43.3 Å². The van der Waals surface area contributed by atoms with Crippen LogP contribution in [0, 0.1) is 11.8 Å². The number of nitrogens with zero attached hydrogens (tertiary/aromatic N) is 1. The number of nitrogens with one attached hydrogen (secondary N) is 1. The van der Waals surface area contributed by atoms with Crippen LogP contribution in [-0.4, -0.2) is 67.6 Å². The smallest absolute Gasteiger partial charge is 0.222 e. The molecule has 0 aromatic rings. The lowest BCUT2D eigenvalue weighted by Crippen LogP contribution is -2.39. The van der Waals surface area contributed by atoms with Crippen molar-refractivity contribution in [1.82, 2.24) is 10.2 Å². The molecule has 0 heterocycles. The van der Waals surface area contributed by atoms with Gasteiger partial charge >= 0.3 is 0 Å². The molecule has 33 heavy (non-hydrogen) atoms. The van der Waals surface area contributed by atoms with Gasteiger partial charge in [0.2, 0.25) is 11.8 Å². The van der Waals surface area contributed by atoms with Crippen molar-refractivity contribution in [2.24, 2.45) is 11.8 Å². The first-order valence-corrected chi connectivity index (χ1v) is 13.0. The van der Waals surface area contributed by atoms with Crippen molar-refractivity contribution in [2.45, 2.75) is 105 Å². The quantitative estimate of drug-likeness (QED) is 0.359. The van der Waals surface area contributed by atoms with Crippen LogP contribution in [0.1, 0.15) is 93.4 Å². The van der Waals surface area contributed by atoms with E-state index in [4.69, 9.17) is 9.47 Å².